The molecule has 9 heteroatoms. The Labute approximate surface area is 519 Å². The third kappa shape index (κ3) is 19.7. The van der Waals surface area contributed by atoms with E-state index in [2.05, 4.69) is 159 Å². The highest BCUT2D eigenvalue weighted by Gasteiger charge is 2.23. The Morgan fingerprint density at radius 1 is 0.256 bits per heavy atom. The molecule has 0 bridgehead atoms. The maximum Gasteiger partial charge on any atom is 0.193 e. The smallest absolute Gasteiger partial charge is 0.193 e. The van der Waals surface area contributed by atoms with Crippen molar-refractivity contribution in [3.05, 3.63) is 120 Å². The second kappa shape index (κ2) is 34.7. The van der Waals surface area contributed by atoms with Crippen LogP contribution in [0, 0.1) is 47.3 Å². The van der Waals surface area contributed by atoms with Gasteiger partial charge < -0.3 is 37.9 Å². The van der Waals surface area contributed by atoms with Gasteiger partial charge in [0.25, 0.3) is 0 Å². The fraction of sp³-hybridized carbons (Fsp3) is 0.519. The van der Waals surface area contributed by atoms with Crippen molar-refractivity contribution in [2.24, 2.45) is 47.3 Å². The third-order valence-corrected chi connectivity index (χ3v) is 17.4. The highest BCUT2D eigenvalue weighted by molar-refractivity contribution is 6.09. The molecule has 0 radical (unpaired) electrons. The summed E-state index contributed by atoms with van der Waals surface area (Å²) in [7, 11) is 0. The summed E-state index contributed by atoms with van der Waals surface area (Å²) in [5.41, 5.74) is 8.77. The van der Waals surface area contributed by atoms with Crippen molar-refractivity contribution in [2.45, 2.75) is 162 Å². The average Bonchev–Trinajstić information content (AvgIpc) is 1.95. The number of carbonyl (C=O) groups is 1. The Kier molecular flexibility index (Phi) is 27.6. The summed E-state index contributed by atoms with van der Waals surface area (Å²) in [6, 6.07) is 36.9. The summed E-state index contributed by atoms with van der Waals surface area (Å²) in [6.07, 6.45) is 8.04. The maximum absolute atomic E-state index is 14.7. The fourth-order valence-electron chi connectivity index (χ4n) is 8.91. The molecule has 0 aliphatic rings. The SMILES string of the molecule is CCC(C)COc1ccc(-c2cc(OCC(C)CC)c(OCC(C)CC)cc2-c2ccc(C(=O)c3ccc(-c4cc(OCC(C)CC)c(OCC(C)CC)cc4-c4ccc(OCC(C)CC)c(OCC(C)CC)c4)cc3)cc2)cc1OCC(C)CC. The van der Waals surface area contributed by atoms with Gasteiger partial charge in [-0.05, 0) is 140 Å². The van der Waals surface area contributed by atoms with Gasteiger partial charge in [-0.25, -0.2) is 0 Å². The highest BCUT2D eigenvalue weighted by Crippen LogP contribution is 2.46. The van der Waals surface area contributed by atoms with Gasteiger partial charge in [0.05, 0.1) is 52.9 Å². The predicted octanol–water partition coefficient (Wildman–Crippen LogP) is 21.0. The van der Waals surface area contributed by atoms with Crippen LogP contribution in [0.2, 0.25) is 0 Å². The molecule has 6 aromatic carbocycles. The molecule has 86 heavy (non-hydrogen) atoms. The minimum atomic E-state index is -0.0755. The van der Waals surface area contributed by atoms with Crippen LogP contribution in [0.3, 0.4) is 0 Å². The predicted molar refractivity (Wildman–Crippen MR) is 358 cm³/mol. The molecule has 0 heterocycles. The molecule has 0 spiro atoms. The van der Waals surface area contributed by atoms with E-state index in [0.717, 1.165) is 107 Å². The summed E-state index contributed by atoms with van der Waals surface area (Å²) in [4.78, 5) is 14.7. The topological polar surface area (TPSA) is 90.9 Å². The lowest BCUT2D eigenvalue weighted by atomic mass is 9.91. The number of hydrogen-bond acceptors (Lipinski definition) is 9. The van der Waals surface area contributed by atoms with Crippen LogP contribution in [0.5, 0.6) is 46.0 Å². The number of ketones is 1. The van der Waals surface area contributed by atoms with E-state index in [1.165, 1.54) is 0 Å². The molecule has 6 rings (SSSR count). The Balaban J connectivity index is 1.44. The van der Waals surface area contributed by atoms with Crippen LogP contribution in [-0.2, 0) is 0 Å². The lowest BCUT2D eigenvalue weighted by Crippen LogP contribution is -2.12. The van der Waals surface area contributed by atoms with E-state index in [4.69, 9.17) is 37.9 Å². The number of hydrogen-bond donors (Lipinski definition) is 0. The van der Waals surface area contributed by atoms with Crippen LogP contribution in [0.25, 0.3) is 44.5 Å². The van der Waals surface area contributed by atoms with Gasteiger partial charge in [0, 0.05) is 11.1 Å². The summed E-state index contributed by atoms with van der Waals surface area (Å²) >= 11 is 0. The van der Waals surface area contributed by atoms with E-state index in [1.54, 1.807) is 0 Å². The molecule has 8 unspecified atom stereocenters. The van der Waals surface area contributed by atoms with Crippen LogP contribution in [0.15, 0.2) is 109 Å². The van der Waals surface area contributed by atoms with Gasteiger partial charge in [0.2, 0.25) is 0 Å². The van der Waals surface area contributed by atoms with E-state index >= 15 is 0 Å². The molecule has 0 N–H and O–H groups in total. The van der Waals surface area contributed by atoms with Crippen molar-refractivity contribution >= 4 is 5.78 Å². The molecule has 9 nitrogen and oxygen atoms in total. The van der Waals surface area contributed by atoms with Crippen molar-refractivity contribution in [3.8, 4) is 90.5 Å². The zero-order chi connectivity index (χ0) is 62.3. The summed E-state index contributed by atoms with van der Waals surface area (Å²) < 4.78 is 52.7. The second-order valence-electron chi connectivity index (χ2n) is 25.1. The lowest BCUT2D eigenvalue weighted by molar-refractivity contribution is 0.103. The molecule has 0 aromatic heterocycles. The largest absolute Gasteiger partial charge is 0.489 e. The normalized spacial score (nSPS) is 14.2. The lowest BCUT2D eigenvalue weighted by Gasteiger charge is -2.22. The van der Waals surface area contributed by atoms with E-state index in [1.807, 2.05) is 60.7 Å². The van der Waals surface area contributed by atoms with Crippen LogP contribution in [-0.4, -0.2) is 58.6 Å². The standard InChI is InChI=1S/C77H106O9/c1-17-51(9)43-79-69-35-33-63(37-71(69)81-45-53(11)19-3)67-41-75(85-49-57(15)23-7)73(83-47-55(13)21-5)39-65(67)59-25-29-61(30-26-59)77(78)62-31-27-60(28-32-62)66-40-74(84-48-56(14)22-6)76(86-50-58(16)24-8)42-68(66)64-34-36-70(80-44-52(10)18-2)72(38-64)82-46-54(12)20-4/h25-42,51-58H,17-24,43-50H2,1-16H3. The number of carbonyl (C=O) groups excluding carboxylic acids is 1. The molecule has 0 saturated heterocycles. The average molecular weight is 1180 g/mol. The number of rotatable bonds is 38. The van der Waals surface area contributed by atoms with Crippen molar-refractivity contribution < 1.29 is 42.7 Å². The summed E-state index contributed by atoms with van der Waals surface area (Å²) in [5.74, 6) is 8.57. The van der Waals surface area contributed by atoms with Crippen molar-refractivity contribution in [2.75, 3.05) is 52.9 Å². The van der Waals surface area contributed by atoms with Gasteiger partial charge in [-0.2, -0.15) is 0 Å². The molecule has 0 fully saturated rings. The highest BCUT2D eigenvalue weighted by atomic mass is 16.5. The monoisotopic (exact) mass is 1170 g/mol. The van der Waals surface area contributed by atoms with E-state index in [9.17, 15) is 4.79 Å². The first-order valence-corrected chi connectivity index (χ1v) is 32.9. The zero-order valence-electron chi connectivity index (χ0n) is 55.5. The molecule has 8 atom stereocenters. The van der Waals surface area contributed by atoms with Crippen molar-refractivity contribution in [1.29, 1.82) is 0 Å². The van der Waals surface area contributed by atoms with E-state index in [-0.39, 0.29) is 5.78 Å². The van der Waals surface area contributed by atoms with E-state index < -0.39 is 0 Å². The van der Waals surface area contributed by atoms with Crippen LogP contribution in [0.4, 0.5) is 0 Å². The second-order valence-corrected chi connectivity index (χ2v) is 25.1. The molecular weight excluding hydrogens is 1070 g/mol. The first kappa shape index (κ1) is 68.5. The molecule has 0 aliphatic heterocycles. The quantitative estimate of drug-likeness (QED) is 0.0352. The molecule has 0 aliphatic carbocycles. The zero-order valence-corrected chi connectivity index (χ0v) is 55.5. The third-order valence-electron chi connectivity index (χ3n) is 17.4. The first-order valence-electron chi connectivity index (χ1n) is 32.9. The Morgan fingerprint density at radius 2 is 0.442 bits per heavy atom. The van der Waals surface area contributed by atoms with Gasteiger partial charge in [-0.15, -0.1) is 0 Å². The Bertz CT molecular complexity index is 2800. The summed E-state index contributed by atoms with van der Waals surface area (Å²) in [5, 5.41) is 0. The van der Waals surface area contributed by atoms with Crippen LogP contribution < -0.4 is 37.9 Å². The Hall–Kier alpha value is -6.61. The minimum absolute atomic E-state index is 0.0755. The van der Waals surface area contributed by atoms with E-state index in [0.29, 0.717) is 146 Å². The minimum Gasteiger partial charge on any atom is -0.489 e. The van der Waals surface area contributed by atoms with Gasteiger partial charge in [-0.3, -0.25) is 4.79 Å². The van der Waals surface area contributed by atoms with Crippen molar-refractivity contribution in [3.63, 3.8) is 0 Å². The van der Waals surface area contributed by atoms with Gasteiger partial charge in [0.15, 0.2) is 51.8 Å². The maximum atomic E-state index is 14.7. The number of benzene rings is 6. The first-order chi connectivity index (χ1) is 41.4. The van der Waals surface area contributed by atoms with Crippen LogP contribution in [0.1, 0.15) is 178 Å². The van der Waals surface area contributed by atoms with Gasteiger partial charge in [0.1, 0.15) is 0 Å². The van der Waals surface area contributed by atoms with Gasteiger partial charge in [-0.1, -0.05) is 223 Å². The fourth-order valence-corrected chi connectivity index (χ4v) is 8.91. The number of ether oxygens (including phenoxy) is 8. The summed E-state index contributed by atoms with van der Waals surface area (Å²) in [6.45, 7) is 39.7. The molecule has 0 amide bonds. The Morgan fingerprint density at radius 3 is 0.663 bits per heavy atom. The molecule has 0 saturated carbocycles. The molecule has 468 valence electrons. The van der Waals surface area contributed by atoms with Crippen molar-refractivity contribution in [1.82, 2.24) is 0 Å². The molecule has 6 aromatic rings. The van der Waals surface area contributed by atoms with Gasteiger partial charge >= 0.3 is 0 Å². The van der Waals surface area contributed by atoms with Crippen LogP contribution >= 0.6 is 0 Å². The molecular formula is C77H106O9.